The first-order valence-electron chi connectivity index (χ1n) is 10.7. The number of methoxy groups -OCH3 is 1. The third kappa shape index (κ3) is 4.81. The van der Waals surface area contributed by atoms with Crippen molar-refractivity contribution >= 4 is 17.5 Å². The third-order valence-electron chi connectivity index (χ3n) is 6.16. The summed E-state index contributed by atoms with van der Waals surface area (Å²) >= 11 is 0. The first-order chi connectivity index (χ1) is 15.0. The maximum Gasteiger partial charge on any atom is 0.228 e. The summed E-state index contributed by atoms with van der Waals surface area (Å²) in [6, 6.07) is 14.2. The molecule has 2 aromatic carbocycles. The summed E-state index contributed by atoms with van der Waals surface area (Å²) in [5, 5.41) is 0. The van der Waals surface area contributed by atoms with Crippen molar-refractivity contribution in [3.05, 3.63) is 59.9 Å². The molecule has 0 aromatic heterocycles. The number of nitrogens with zero attached hydrogens (tertiary/aromatic N) is 3. The first-order valence-corrected chi connectivity index (χ1v) is 10.7. The number of likely N-dealkylation sites (tertiary alicyclic amines) is 1. The van der Waals surface area contributed by atoms with Crippen LogP contribution >= 0.6 is 0 Å². The number of carbonyl (C=O) groups is 2. The highest BCUT2D eigenvalue weighted by atomic mass is 19.1. The van der Waals surface area contributed by atoms with Gasteiger partial charge >= 0.3 is 0 Å². The highest BCUT2D eigenvalue weighted by Gasteiger charge is 2.37. The van der Waals surface area contributed by atoms with E-state index in [4.69, 9.17) is 4.74 Å². The predicted octanol–water partition coefficient (Wildman–Crippen LogP) is 2.57. The minimum atomic E-state index is -0.279. The van der Waals surface area contributed by atoms with E-state index in [1.807, 2.05) is 29.2 Å². The molecular weight excluding hydrogens is 397 g/mol. The predicted molar refractivity (Wildman–Crippen MR) is 117 cm³/mol. The molecule has 2 heterocycles. The minimum Gasteiger partial charge on any atom is -0.495 e. The number of amides is 2. The van der Waals surface area contributed by atoms with Crippen molar-refractivity contribution in [3.8, 4) is 5.75 Å². The zero-order valence-corrected chi connectivity index (χ0v) is 17.8. The lowest BCUT2D eigenvalue weighted by Gasteiger charge is -2.37. The van der Waals surface area contributed by atoms with Crippen LogP contribution in [0.25, 0.3) is 0 Å². The first kappa shape index (κ1) is 21.2. The van der Waals surface area contributed by atoms with Gasteiger partial charge in [-0.2, -0.15) is 0 Å². The Hall–Kier alpha value is -3.09. The molecule has 4 rings (SSSR count). The average molecular weight is 426 g/mol. The fourth-order valence-corrected chi connectivity index (χ4v) is 4.39. The Morgan fingerprint density at radius 3 is 2.48 bits per heavy atom. The maximum absolute atomic E-state index is 13.0. The van der Waals surface area contributed by atoms with Gasteiger partial charge in [-0.15, -0.1) is 0 Å². The molecule has 164 valence electrons. The zero-order valence-electron chi connectivity index (χ0n) is 17.8. The van der Waals surface area contributed by atoms with E-state index in [1.165, 1.54) is 12.1 Å². The summed E-state index contributed by atoms with van der Waals surface area (Å²) in [6.07, 6.45) is 0.930. The fraction of sp³-hybridized carbons (Fsp3) is 0.417. The van der Waals surface area contributed by atoms with E-state index in [9.17, 15) is 14.0 Å². The van der Waals surface area contributed by atoms with E-state index in [2.05, 4.69) is 4.90 Å². The quantitative estimate of drug-likeness (QED) is 0.714. The second kappa shape index (κ2) is 9.37. The van der Waals surface area contributed by atoms with Crippen LogP contribution in [-0.2, 0) is 16.0 Å². The number of halogens is 1. The van der Waals surface area contributed by atoms with Gasteiger partial charge in [-0.3, -0.25) is 9.59 Å². The Kier molecular flexibility index (Phi) is 6.39. The molecule has 2 saturated heterocycles. The smallest absolute Gasteiger partial charge is 0.228 e. The number of ether oxygens (including phenoxy) is 1. The van der Waals surface area contributed by atoms with Gasteiger partial charge in [0.05, 0.1) is 18.7 Å². The highest BCUT2D eigenvalue weighted by Crippen LogP contribution is 2.29. The summed E-state index contributed by atoms with van der Waals surface area (Å²) in [4.78, 5) is 31.3. The number of rotatable bonds is 6. The molecule has 6 nitrogen and oxygen atoms in total. The molecule has 31 heavy (non-hydrogen) atoms. The molecule has 0 saturated carbocycles. The van der Waals surface area contributed by atoms with Gasteiger partial charge < -0.3 is 19.4 Å². The van der Waals surface area contributed by atoms with Gasteiger partial charge in [-0.05, 0) is 36.2 Å². The Balaban J connectivity index is 1.29. The van der Waals surface area contributed by atoms with Crippen LogP contribution in [0.5, 0.6) is 5.75 Å². The average Bonchev–Trinajstić information content (AvgIpc) is 3.18. The van der Waals surface area contributed by atoms with Crippen molar-refractivity contribution in [2.45, 2.75) is 12.8 Å². The van der Waals surface area contributed by atoms with Crippen LogP contribution in [0.2, 0.25) is 0 Å². The molecule has 0 N–H and O–H groups in total. The molecule has 0 radical (unpaired) electrons. The largest absolute Gasteiger partial charge is 0.495 e. The number of benzene rings is 2. The van der Waals surface area contributed by atoms with Gasteiger partial charge in [0, 0.05) is 45.7 Å². The van der Waals surface area contributed by atoms with Gasteiger partial charge in [0.15, 0.2) is 0 Å². The van der Waals surface area contributed by atoms with E-state index >= 15 is 0 Å². The van der Waals surface area contributed by atoms with Crippen LogP contribution in [0.1, 0.15) is 12.0 Å². The van der Waals surface area contributed by atoms with Gasteiger partial charge in [0.25, 0.3) is 0 Å². The lowest BCUT2D eigenvalue weighted by atomic mass is 10.1. The molecule has 7 heteroatoms. The normalized spacial score (nSPS) is 19.1. The summed E-state index contributed by atoms with van der Waals surface area (Å²) in [5.74, 6) is 0.377. The molecule has 2 aliphatic heterocycles. The number of carbonyl (C=O) groups excluding carboxylic acids is 2. The second-order valence-electron chi connectivity index (χ2n) is 8.10. The van der Waals surface area contributed by atoms with Crippen LogP contribution in [0.3, 0.4) is 0 Å². The number of hydrogen-bond acceptors (Lipinski definition) is 4. The zero-order chi connectivity index (χ0) is 21.8. The van der Waals surface area contributed by atoms with Crippen LogP contribution in [0.4, 0.5) is 10.1 Å². The summed E-state index contributed by atoms with van der Waals surface area (Å²) in [6.45, 7) is 3.76. The molecule has 2 aromatic rings. The maximum atomic E-state index is 13.0. The van der Waals surface area contributed by atoms with Gasteiger partial charge in [0.2, 0.25) is 11.8 Å². The van der Waals surface area contributed by atoms with Gasteiger partial charge in [-0.25, -0.2) is 4.39 Å². The topological polar surface area (TPSA) is 53.1 Å². The number of anilines is 1. The number of piperazine rings is 1. The van der Waals surface area contributed by atoms with E-state index in [0.29, 0.717) is 32.6 Å². The van der Waals surface area contributed by atoms with Crippen molar-refractivity contribution < 1.29 is 18.7 Å². The van der Waals surface area contributed by atoms with Crippen molar-refractivity contribution in [1.82, 2.24) is 9.80 Å². The molecule has 1 atom stereocenters. The van der Waals surface area contributed by atoms with Crippen molar-refractivity contribution in [2.24, 2.45) is 5.92 Å². The van der Waals surface area contributed by atoms with Crippen molar-refractivity contribution in [3.63, 3.8) is 0 Å². The molecule has 0 spiro atoms. The Morgan fingerprint density at radius 2 is 1.77 bits per heavy atom. The second-order valence-corrected chi connectivity index (χ2v) is 8.10. The molecule has 2 aliphatic rings. The number of hydrogen-bond donors (Lipinski definition) is 0. The molecule has 0 aliphatic carbocycles. The lowest BCUT2D eigenvalue weighted by Crippen LogP contribution is -2.50. The van der Waals surface area contributed by atoms with Gasteiger partial charge in [0.1, 0.15) is 11.6 Å². The van der Waals surface area contributed by atoms with E-state index < -0.39 is 0 Å². The lowest BCUT2D eigenvalue weighted by molar-refractivity contribution is -0.136. The van der Waals surface area contributed by atoms with Crippen LogP contribution in [0, 0.1) is 11.7 Å². The molecular formula is C24H28FN3O3. The van der Waals surface area contributed by atoms with Gasteiger partial charge in [-0.1, -0.05) is 24.3 Å². The van der Waals surface area contributed by atoms with E-state index in [1.54, 1.807) is 24.1 Å². The monoisotopic (exact) mass is 425 g/mol. The summed E-state index contributed by atoms with van der Waals surface area (Å²) < 4.78 is 18.5. The minimum absolute atomic E-state index is 0.0214. The van der Waals surface area contributed by atoms with Crippen LogP contribution in [-0.4, -0.2) is 68.0 Å². The molecule has 2 fully saturated rings. The SMILES string of the molecule is COc1ccccc1N1CCN(C(=O)[C@@H]2CC(=O)N(CCc3ccc(F)cc3)C2)CC1. The van der Waals surface area contributed by atoms with E-state index in [0.717, 1.165) is 30.1 Å². The van der Waals surface area contributed by atoms with Crippen LogP contribution < -0.4 is 9.64 Å². The Morgan fingerprint density at radius 1 is 1.06 bits per heavy atom. The Labute approximate surface area is 182 Å². The van der Waals surface area contributed by atoms with Crippen molar-refractivity contribution in [2.75, 3.05) is 51.3 Å². The summed E-state index contributed by atoms with van der Waals surface area (Å²) in [5.41, 5.74) is 2.02. The molecule has 0 bridgehead atoms. The van der Waals surface area contributed by atoms with Crippen LogP contribution in [0.15, 0.2) is 48.5 Å². The van der Waals surface area contributed by atoms with Crippen molar-refractivity contribution in [1.29, 1.82) is 0 Å². The molecule has 2 amide bonds. The highest BCUT2D eigenvalue weighted by molar-refractivity contribution is 5.89. The number of para-hydroxylation sites is 2. The molecule has 0 unspecified atom stereocenters. The fourth-order valence-electron chi connectivity index (χ4n) is 4.39. The summed E-state index contributed by atoms with van der Waals surface area (Å²) in [7, 11) is 1.66. The Bertz CT molecular complexity index is 926. The standard InChI is InChI=1S/C24H28FN3O3/c1-31-22-5-3-2-4-21(22)26-12-14-27(15-13-26)24(30)19-16-23(29)28(17-19)11-10-18-6-8-20(25)9-7-18/h2-9,19H,10-17H2,1H3/t19-/m1/s1. The van der Waals surface area contributed by atoms with E-state index in [-0.39, 0.29) is 30.0 Å². The third-order valence-corrected chi connectivity index (χ3v) is 6.16.